The van der Waals surface area contributed by atoms with Crippen molar-refractivity contribution in [3.63, 3.8) is 0 Å². The molecule has 1 rings (SSSR count). The number of aliphatic hydroxyl groups is 1. The van der Waals surface area contributed by atoms with Crippen molar-refractivity contribution in [3.05, 3.63) is 17.5 Å². The minimum absolute atomic E-state index is 0.358. The van der Waals surface area contributed by atoms with E-state index >= 15 is 0 Å². The summed E-state index contributed by atoms with van der Waals surface area (Å²) >= 11 is 0. The van der Waals surface area contributed by atoms with E-state index < -0.39 is 0 Å². The monoisotopic (exact) mass is 210 g/mol. The molecule has 3 nitrogen and oxygen atoms in total. The van der Waals surface area contributed by atoms with Crippen LogP contribution in [0.5, 0.6) is 0 Å². The number of aromatic nitrogens is 2. The lowest BCUT2D eigenvalue weighted by atomic mass is 9.93. The molecular weight excluding hydrogens is 188 g/mol. The van der Waals surface area contributed by atoms with Crippen LogP contribution in [0, 0.1) is 12.8 Å². The minimum Gasteiger partial charge on any atom is -0.388 e. The second kappa shape index (κ2) is 5.31. The van der Waals surface area contributed by atoms with Crippen molar-refractivity contribution >= 4 is 0 Å². The van der Waals surface area contributed by atoms with Gasteiger partial charge in [-0.05, 0) is 19.3 Å². The van der Waals surface area contributed by atoms with Crippen molar-refractivity contribution in [3.8, 4) is 0 Å². The normalized spacial score (nSPS) is 13.5. The van der Waals surface area contributed by atoms with E-state index in [4.69, 9.17) is 0 Å². The van der Waals surface area contributed by atoms with E-state index in [1.165, 1.54) is 0 Å². The summed E-state index contributed by atoms with van der Waals surface area (Å²) in [5.41, 5.74) is 1.92. The van der Waals surface area contributed by atoms with Gasteiger partial charge < -0.3 is 5.11 Å². The number of nitrogens with zero attached hydrogens (tertiary/aromatic N) is 2. The molecule has 0 saturated carbocycles. The molecule has 3 heteroatoms. The van der Waals surface area contributed by atoms with Crippen LogP contribution in [0.15, 0.2) is 6.20 Å². The fraction of sp³-hybridized carbons (Fsp3) is 0.750. The Hall–Kier alpha value is -0.830. The van der Waals surface area contributed by atoms with Crippen LogP contribution in [0.1, 0.15) is 50.5 Å². The average molecular weight is 210 g/mol. The van der Waals surface area contributed by atoms with Crippen LogP contribution < -0.4 is 0 Å². The third kappa shape index (κ3) is 3.06. The third-order valence-electron chi connectivity index (χ3n) is 3.12. The molecule has 0 fully saturated rings. The largest absolute Gasteiger partial charge is 0.388 e. The van der Waals surface area contributed by atoms with Gasteiger partial charge in [-0.2, -0.15) is 5.10 Å². The first kappa shape index (κ1) is 12.2. The standard InChI is InChI=1S/C12H22N2O/c1-5-10(6-2)7-12(15)11-8-14(4)13-9(11)3/h8,10,12,15H,5-7H2,1-4H3. The highest BCUT2D eigenvalue weighted by atomic mass is 16.3. The number of hydrogen-bond acceptors (Lipinski definition) is 2. The Morgan fingerprint density at radius 3 is 2.40 bits per heavy atom. The van der Waals surface area contributed by atoms with Gasteiger partial charge in [0.15, 0.2) is 0 Å². The van der Waals surface area contributed by atoms with Crippen LogP contribution in [-0.4, -0.2) is 14.9 Å². The molecule has 0 spiro atoms. The smallest absolute Gasteiger partial charge is 0.0825 e. The van der Waals surface area contributed by atoms with Crippen molar-refractivity contribution in [1.82, 2.24) is 9.78 Å². The summed E-state index contributed by atoms with van der Waals surface area (Å²) in [5.74, 6) is 0.611. The summed E-state index contributed by atoms with van der Waals surface area (Å²) in [4.78, 5) is 0. The van der Waals surface area contributed by atoms with Crippen LogP contribution in [0.2, 0.25) is 0 Å². The van der Waals surface area contributed by atoms with Crippen molar-refractivity contribution in [2.45, 2.75) is 46.1 Å². The molecule has 0 saturated heterocycles. The highest BCUT2D eigenvalue weighted by molar-refractivity contribution is 5.18. The summed E-state index contributed by atoms with van der Waals surface area (Å²) < 4.78 is 1.76. The predicted molar refractivity (Wildman–Crippen MR) is 61.6 cm³/mol. The van der Waals surface area contributed by atoms with Crippen molar-refractivity contribution < 1.29 is 5.11 Å². The van der Waals surface area contributed by atoms with Gasteiger partial charge in [-0.15, -0.1) is 0 Å². The lowest BCUT2D eigenvalue weighted by molar-refractivity contribution is 0.140. The number of aryl methyl sites for hydroxylation is 2. The van der Waals surface area contributed by atoms with Crippen molar-refractivity contribution in [2.24, 2.45) is 13.0 Å². The minimum atomic E-state index is -0.358. The number of aliphatic hydroxyl groups excluding tert-OH is 1. The van der Waals surface area contributed by atoms with Crippen LogP contribution in [0.25, 0.3) is 0 Å². The van der Waals surface area contributed by atoms with Crippen LogP contribution in [0.4, 0.5) is 0 Å². The van der Waals surface area contributed by atoms with E-state index in [0.717, 1.165) is 30.5 Å². The van der Waals surface area contributed by atoms with Gasteiger partial charge in [0, 0.05) is 18.8 Å². The van der Waals surface area contributed by atoms with Gasteiger partial charge in [0.25, 0.3) is 0 Å². The third-order valence-corrected chi connectivity index (χ3v) is 3.12. The van der Waals surface area contributed by atoms with E-state index in [1.54, 1.807) is 4.68 Å². The van der Waals surface area contributed by atoms with Gasteiger partial charge in [0.1, 0.15) is 0 Å². The van der Waals surface area contributed by atoms with E-state index in [0.29, 0.717) is 5.92 Å². The maximum absolute atomic E-state index is 10.1. The molecule has 0 bridgehead atoms. The van der Waals surface area contributed by atoms with E-state index in [1.807, 2.05) is 20.2 Å². The Morgan fingerprint density at radius 2 is 2.00 bits per heavy atom. The first-order valence-corrected chi connectivity index (χ1v) is 5.76. The predicted octanol–water partition coefficient (Wildman–Crippen LogP) is 2.59. The molecule has 0 radical (unpaired) electrons. The molecule has 1 aromatic rings. The van der Waals surface area contributed by atoms with Gasteiger partial charge in [0.05, 0.1) is 11.8 Å². The van der Waals surface area contributed by atoms with Gasteiger partial charge in [-0.1, -0.05) is 26.7 Å². The molecule has 0 aliphatic rings. The Bertz CT molecular complexity index is 303. The zero-order valence-electron chi connectivity index (χ0n) is 10.2. The molecule has 1 atom stereocenters. The summed E-state index contributed by atoms with van der Waals surface area (Å²) in [6.07, 6.45) is 4.67. The second-order valence-corrected chi connectivity index (χ2v) is 4.28. The molecule has 0 aliphatic heterocycles. The highest BCUT2D eigenvalue weighted by Crippen LogP contribution is 2.26. The molecule has 1 N–H and O–H groups in total. The maximum Gasteiger partial charge on any atom is 0.0825 e. The van der Waals surface area contributed by atoms with Crippen LogP contribution in [0.3, 0.4) is 0 Å². The highest BCUT2D eigenvalue weighted by Gasteiger charge is 2.17. The Kier molecular flexibility index (Phi) is 4.33. The fourth-order valence-electron chi connectivity index (χ4n) is 2.01. The van der Waals surface area contributed by atoms with Crippen molar-refractivity contribution in [2.75, 3.05) is 0 Å². The quantitative estimate of drug-likeness (QED) is 0.811. The summed E-state index contributed by atoms with van der Waals surface area (Å²) in [6.45, 7) is 6.30. The summed E-state index contributed by atoms with van der Waals surface area (Å²) in [5, 5.41) is 14.3. The Labute approximate surface area is 92.1 Å². The van der Waals surface area contributed by atoms with E-state index in [2.05, 4.69) is 18.9 Å². The van der Waals surface area contributed by atoms with Crippen LogP contribution >= 0.6 is 0 Å². The molecule has 1 aromatic heterocycles. The van der Waals surface area contributed by atoms with Gasteiger partial charge >= 0.3 is 0 Å². The topological polar surface area (TPSA) is 38.0 Å². The van der Waals surface area contributed by atoms with Crippen molar-refractivity contribution in [1.29, 1.82) is 0 Å². The molecule has 0 amide bonds. The molecule has 0 aromatic carbocycles. The molecule has 0 aliphatic carbocycles. The van der Waals surface area contributed by atoms with Gasteiger partial charge in [-0.3, -0.25) is 4.68 Å². The summed E-state index contributed by atoms with van der Waals surface area (Å²) in [7, 11) is 1.89. The average Bonchev–Trinajstić information content (AvgIpc) is 2.54. The SMILES string of the molecule is CCC(CC)CC(O)c1cn(C)nc1C. The zero-order valence-corrected chi connectivity index (χ0v) is 10.2. The molecule has 86 valence electrons. The zero-order chi connectivity index (χ0) is 11.4. The first-order valence-electron chi connectivity index (χ1n) is 5.76. The Morgan fingerprint density at radius 1 is 1.40 bits per heavy atom. The molecule has 1 heterocycles. The molecular formula is C12H22N2O. The number of hydrogen-bond donors (Lipinski definition) is 1. The number of rotatable bonds is 5. The lowest BCUT2D eigenvalue weighted by Gasteiger charge is -2.16. The second-order valence-electron chi connectivity index (χ2n) is 4.28. The van der Waals surface area contributed by atoms with Gasteiger partial charge in [0.2, 0.25) is 0 Å². The van der Waals surface area contributed by atoms with E-state index in [-0.39, 0.29) is 6.10 Å². The molecule has 15 heavy (non-hydrogen) atoms. The summed E-state index contributed by atoms with van der Waals surface area (Å²) in [6, 6.07) is 0. The van der Waals surface area contributed by atoms with E-state index in [9.17, 15) is 5.11 Å². The fourth-order valence-corrected chi connectivity index (χ4v) is 2.01. The lowest BCUT2D eigenvalue weighted by Crippen LogP contribution is -2.06. The maximum atomic E-state index is 10.1. The first-order chi connectivity index (χ1) is 7.08. The molecule has 1 unspecified atom stereocenters. The Balaban J connectivity index is 2.67. The van der Waals surface area contributed by atoms with Gasteiger partial charge in [-0.25, -0.2) is 0 Å². The van der Waals surface area contributed by atoms with Crippen LogP contribution in [-0.2, 0) is 7.05 Å².